The van der Waals surface area contributed by atoms with Crippen molar-refractivity contribution in [3.05, 3.63) is 46.4 Å². The van der Waals surface area contributed by atoms with Crippen molar-refractivity contribution in [2.75, 3.05) is 18.4 Å². The zero-order valence-corrected chi connectivity index (χ0v) is 12.9. The molecule has 1 heterocycles. The molecule has 0 bridgehead atoms. The second-order valence-electron chi connectivity index (χ2n) is 4.59. The minimum absolute atomic E-state index is 0.145. The lowest BCUT2D eigenvalue weighted by molar-refractivity contribution is -0.116. The number of carbonyl (C=O) groups is 2. The minimum atomic E-state index is -0.271. The van der Waals surface area contributed by atoms with E-state index in [1.54, 1.807) is 5.38 Å². The summed E-state index contributed by atoms with van der Waals surface area (Å²) in [6.07, 6.45) is 0.873. The molecule has 0 unspecified atom stereocenters. The number of hydrogen-bond acceptors (Lipinski definition) is 5. The first-order chi connectivity index (χ1) is 10.7. The van der Waals surface area contributed by atoms with Gasteiger partial charge in [0, 0.05) is 30.5 Å². The number of thiazole rings is 1. The predicted molar refractivity (Wildman–Crippen MR) is 86.9 cm³/mol. The summed E-state index contributed by atoms with van der Waals surface area (Å²) in [5, 5.41) is 7.98. The number of rotatable bonds is 7. The summed E-state index contributed by atoms with van der Waals surface area (Å²) in [5.41, 5.74) is 6.56. The smallest absolute Gasteiger partial charge is 0.270 e. The largest absolute Gasteiger partial charge is 0.350 e. The number of amides is 2. The molecule has 0 saturated carbocycles. The van der Waals surface area contributed by atoms with Crippen molar-refractivity contribution in [3.8, 4) is 0 Å². The number of nitrogens with one attached hydrogen (secondary N) is 2. The molecule has 0 saturated heterocycles. The number of carbonyl (C=O) groups excluding carboxylic acids is 2. The highest BCUT2D eigenvalue weighted by Crippen LogP contribution is 2.10. The van der Waals surface area contributed by atoms with Gasteiger partial charge in [0.25, 0.3) is 5.91 Å². The minimum Gasteiger partial charge on any atom is -0.350 e. The van der Waals surface area contributed by atoms with Crippen LogP contribution in [0.15, 0.2) is 35.7 Å². The maximum atomic E-state index is 11.9. The van der Waals surface area contributed by atoms with Crippen molar-refractivity contribution >= 4 is 28.8 Å². The summed E-state index contributed by atoms with van der Waals surface area (Å²) in [6.45, 7) is 0.773. The lowest BCUT2D eigenvalue weighted by atomic mass is 10.3. The molecule has 7 heteroatoms. The zero-order chi connectivity index (χ0) is 15.8. The van der Waals surface area contributed by atoms with Crippen molar-refractivity contribution in [2.45, 2.75) is 12.8 Å². The lowest BCUT2D eigenvalue weighted by Crippen LogP contribution is -2.28. The Balaban J connectivity index is 1.73. The lowest BCUT2D eigenvalue weighted by Gasteiger charge is -2.05. The average molecular weight is 318 g/mol. The molecular weight excluding hydrogens is 300 g/mol. The summed E-state index contributed by atoms with van der Waals surface area (Å²) in [7, 11) is 0. The first-order valence-corrected chi connectivity index (χ1v) is 7.84. The molecule has 0 aliphatic rings. The van der Waals surface area contributed by atoms with Crippen molar-refractivity contribution in [1.29, 1.82) is 0 Å². The molecule has 1 aromatic heterocycles. The topological polar surface area (TPSA) is 97.1 Å². The Bertz CT molecular complexity index is 627. The highest BCUT2D eigenvalue weighted by molar-refractivity contribution is 7.09. The van der Waals surface area contributed by atoms with Crippen molar-refractivity contribution in [3.63, 3.8) is 0 Å². The Kier molecular flexibility index (Phi) is 6.05. The molecular formula is C15H18N4O2S. The van der Waals surface area contributed by atoms with E-state index in [2.05, 4.69) is 15.6 Å². The van der Waals surface area contributed by atoms with Gasteiger partial charge >= 0.3 is 0 Å². The number of aromatic nitrogens is 1. The first kappa shape index (κ1) is 16.1. The molecule has 2 aromatic rings. The van der Waals surface area contributed by atoms with Gasteiger partial charge in [-0.25, -0.2) is 4.98 Å². The molecule has 2 amide bonds. The fourth-order valence-corrected chi connectivity index (χ4v) is 2.57. The number of hydrogen-bond donors (Lipinski definition) is 3. The molecule has 0 fully saturated rings. The zero-order valence-electron chi connectivity index (χ0n) is 12.0. The molecule has 2 rings (SSSR count). The normalized spacial score (nSPS) is 10.2. The van der Waals surface area contributed by atoms with Crippen LogP contribution in [0.1, 0.15) is 21.9 Å². The summed E-state index contributed by atoms with van der Waals surface area (Å²) < 4.78 is 0. The second kappa shape index (κ2) is 8.26. The van der Waals surface area contributed by atoms with Crippen LogP contribution in [0.2, 0.25) is 0 Å². The van der Waals surface area contributed by atoms with Crippen molar-refractivity contribution in [2.24, 2.45) is 5.73 Å². The third-order valence-electron chi connectivity index (χ3n) is 2.84. The van der Waals surface area contributed by atoms with Crippen LogP contribution < -0.4 is 16.4 Å². The molecule has 0 radical (unpaired) electrons. The van der Waals surface area contributed by atoms with Gasteiger partial charge in [0.2, 0.25) is 5.91 Å². The molecule has 116 valence electrons. The summed E-state index contributed by atoms with van der Waals surface area (Å²) in [5.74, 6) is -0.416. The van der Waals surface area contributed by atoms with Crippen LogP contribution >= 0.6 is 11.3 Å². The molecule has 6 nitrogen and oxygen atoms in total. The van der Waals surface area contributed by atoms with E-state index >= 15 is 0 Å². The van der Waals surface area contributed by atoms with Crippen molar-refractivity contribution < 1.29 is 9.59 Å². The van der Waals surface area contributed by atoms with Crippen LogP contribution in [-0.2, 0) is 11.2 Å². The van der Waals surface area contributed by atoms with E-state index in [0.717, 1.165) is 10.7 Å². The van der Waals surface area contributed by atoms with Crippen LogP contribution in [0.3, 0.4) is 0 Å². The molecule has 0 spiro atoms. The maximum absolute atomic E-state index is 11.9. The van der Waals surface area contributed by atoms with Crippen LogP contribution in [-0.4, -0.2) is 29.9 Å². The van der Waals surface area contributed by atoms with Crippen LogP contribution in [0.5, 0.6) is 0 Å². The van der Waals surface area contributed by atoms with Crippen LogP contribution in [0.4, 0.5) is 5.69 Å². The van der Waals surface area contributed by atoms with E-state index in [-0.39, 0.29) is 24.8 Å². The van der Waals surface area contributed by atoms with Gasteiger partial charge in [-0.15, -0.1) is 11.3 Å². The Morgan fingerprint density at radius 3 is 2.73 bits per heavy atom. The van der Waals surface area contributed by atoms with E-state index in [9.17, 15) is 9.59 Å². The highest BCUT2D eigenvalue weighted by atomic mass is 32.1. The van der Waals surface area contributed by atoms with E-state index in [1.807, 2.05) is 30.3 Å². The Hall–Kier alpha value is -2.25. The second-order valence-corrected chi connectivity index (χ2v) is 5.53. The highest BCUT2D eigenvalue weighted by Gasteiger charge is 2.10. The third-order valence-corrected chi connectivity index (χ3v) is 3.75. The van der Waals surface area contributed by atoms with Gasteiger partial charge in [-0.1, -0.05) is 18.2 Å². The molecule has 0 atom stereocenters. The Morgan fingerprint density at radius 1 is 1.23 bits per heavy atom. The number of anilines is 1. The van der Waals surface area contributed by atoms with Gasteiger partial charge in [0.05, 0.1) is 5.01 Å². The number of benzene rings is 1. The Labute approximate surface area is 132 Å². The van der Waals surface area contributed by atoms with E-state index in [0.29, 0.717) is 18.7 Å². The molecule has 4 N–H and O–H groups in total. The number of para-hydroxylation sites is 1. The van der Waals surface area contributed by atoms with Gasteiger partial charge in [-0.05, 0) is 18.7 Å². The number of nitrogens with zero attached hydrogens (tertiary/aromatic N) is 1. The monoisotopic (exact) mass is 318 g/mol. The van der Waals surface area contributed by atoms with E-state index < -0.39 is 0 Å². The predicted octanol–water partition coefficient (Wildman–Crippen LogP) is 1.40. The van der Waals surface area contributed by atoms with Gasteiger partial charge in [0.15, 0.2) is 0 Å². The summed E-state index contributed by atoms with van der Waals surface area (Å²) in [4.78, 5) is 27.8. The SMILES string of the molecule is NCCc1nc(C(=O)NCCC(=O)Nc2ccccc2)cs1. The summed E-state index contributed by atoms with van der Waals surface area (Å²) in [6, 6.07) is 9.19. The van der Waals surface area contributed by atoms with E-state index in [4.69, 9.17) is 5.73 Å². The molecule has 22 heavy (non-hydrogen) atoms. The van der Waals surface area contributed by atoms with E-state index in [1.165, 1.54) is 11.3 Å². The maximum Gasteiger partial charge on any atom is 0.270 e. The average Bonchev–Trinajstić information content (AvgIpc) is 2.97. The van der Waals surface area contributed by atoms with Crippen LogP contribution in [0, 0.1) is 0 Å². The standard InChI is InChI=1S/C15H18N4O2S/c16-8-6-14-19-12(10-22-14)15(21)17-9-7-13(20)18-11-4-2-1-3-5-11/h1-5,10H,6-9,16H2,(H,17,21)(H,18,20). The van der Waals surface area contributed by atoms with Gasteiger partial charge in [0.1, 0.15) is 5.69 Å². The quantitative estimate of drug-likeness (QED) is 0.719. The molecule has 1 aromatic carbocycles. The first-order valence-electron chi connectivity index (χ1n) is 6.96. The fourth-order valence-electron chi connectivity index (χ4n) is 1.78. The third kappa shape index (κ3) is 4.94. The van der Waals surface area contributed by atoms with Gasteiger partial charge in [-0.3, -0.25) is 9.59 Å². The number of nitrogens with two attached hydrogens (primary N) is 1. The van der Waals surface area contributed by atoms with Gasteiger partial charge in [-0.2, -0.15) is 0 Å². The van der Waals surface area contributed by atoms with Crippen LogP contribution in [0.25, 0.3) is 0 Å². The van der Waals surface area contributed by atoms with Crippen molar-refractivity contribution in [1.82, 2.24) is 10.3 Å². The van der Waals surface area contributed by atoms with Gasteiger partial charge < -0.3 is 16.4 Å². The molecule has 0 aliphatic heterocycles. The fraction of sp³-hybridized carbons (Fsp3) is 0.267. The molecule has 0 aliphatic carbocycles. The Morgan fingerprint density at radius 2 is 2.00 bits per heavy atom. The summed E-state index contributed by atoms with van der Waals surface area (Å²) >= 11 is 1.41.